The number of guanidine groups is 1. The van der Waals surface area contributed by atoms with E-state index in [9.17, 15) is 0 Å². The third kappa shape index (κ3) is 2.92. The van der Waals surface area contributed by atoms with Gasteiger partial charge in [0.05, 0.1) is 0 Å². The Bertz CT molecular complexity index is 211. The zero-order chi connectivity index (χ0) is 11.1. The predicted octanol–water partition coefficient (Wildman–Crippen LogP) is 0.227. The second-order valence-electron chi connectivity index (χ2n) is 2.51. The Balaban J connectivity index is 0.000000791. The van der Waals surface area contributed by atoms with Gasteiger partial charge in [-0.05, 0) is 14.0 Å². The fourth-order valence-electron chi connectivity index (χ4n) is 1.10. The Kier molecular flexibility index (Phi) is 5.71. The number of nitrogens with one attached hydrogen (secondary N) is 2. The maximum Gasteiger partial charge on any atom is 0.200 e. The summed E-state index contributed by atoms with van der Waals surface area (Å²) in [5, 5.41) is 5.99. The molecule has 1 rings (SSSR count). The summed E-state index contributed by atoms with van der Waals surface area (Å²) in [6.45, 7) is 10.6. The predicted molar refractivity (Wildman–Crippen MR) is 60.5 cm³/mol. The molecule has 0 saturated heterocycles. The number of hydrogen-bond donors (Lipinski definition) is 3. The maximum absolute atomic E-state index is 5.68. The topological polar surface area (TPSA) is 65.7 Å². The first-order valence-electron chi connectivity index (χ1n) is 4.92. The quantitative estimate of drug-likeness (QED) is 0.595. The minimum absolute atomic E-state index is 0.153. The smallest absolute Gasteiger partial charge is 0.200 e. The molecule has 0 bridgehead atoms. The zero-order valence-electron chi connectivity index (χ0n) is 9.46. The van der Waals surface area contributed by atoms with Gasteiger partial charge < -0.3 is 11.1 Å². The Hall–Kier alpha value is -1.23. The standard InChI is InChI=1S/C7H15N5.C2H6/c1-4-12-5(2)10-7(9-3)11-6(12)8;1-2/h7,9-10H,2,4H2,1,3H3,(H2,8,11);1-2H3. The Morgan fingerprint density at radius 1 is 1.64 bits per heavy atom. The van der Waals surface area contributed by atoms with Gasteiger partial charge in [-0.2, -0.15) is 0 Å². The Labute approximate surface area is 86.1 Å². The Morgan fingerprint density at radius 3 is 2.57 bits per heavy atom. The summed E-state index contributed by atoms with van der Waals surface area (Å²) >= 11 is 0. The van der Waals surface area contributed by atoms with Crippen LogP contribution in [0.5, 0.6) is 0 Å². The lowest BCUT2D eigenvalue weighted by Crippen LogP contribution is -2.52. The molecule has 14 heavy (non-hydrogen) atoms. The summed E-state index contributed by atoms with van der Waals surface area (Å²) in [5.74, 6) is 1.28. The van der Waals surface area contributed by atoms with Gasteiger partial charge in [0.15, 0.2) is 12.2 Å². The van der Waals surface area contributed by atoms with E-state index in [4.69, 9.17) is 5.73 Å². The lowest BCUT2D eigenvalue weighted by Gasteiger charge is -2.32. The molecule has 0 aromatic heterocycles. The van der Waals surface area contributed by atoms with E-state index >= 15 is 0 Å². The third-order valence-electron chi connectivity index (χ3n) is 1.76. The van der Waals surface area contributed by atoms with Crippen LogP contribution in [0.15, 0.2) is 17.4 Å². The van der Waals surface area contributed by atoms with Crippen molar-refractivity contribution in [2.24, 2.45) is 10.7 Å². The molecule has 0 aromatic carbocycles. The number of hydrogen-bond acceptors (Lipinski definition) is 5. The fraction of sp³-hybridized carbons (Fsp3) is 0.667. The largest absolute Gasteiger partial charge is 0.369 e. The van der Waals surface area contributed by atoms with Crippen molar-refractivity contribution < 1.29 is 0 Å². The van der Waals surface area contributed by atoms with Crippen molar-refractivity contribution in [3.63, 3.8) is 0 Å². The number of rotatable bonds is 2. The lowest BCUT2D eigenvalue weighted by atomic mass is 10.5. The molecule has 0 amide bonds. The molecular weight excluding hydrogens is 178 g/mol. The van der Waals surface area contributed by atoms with Gasteiger partial charge in [-0.1, -0.05) is 20.4 Å². The van der Waals surface area contributed by atoms with Crippen LogP contribution < -0.4 is 16.4 Å². The molecule has 0 aliphatic carbocycles. The lowest BCUT2D eigenvalue weighted by molar-refractivity contribution is 0.385. The van der Waals surface area contributed by atoms with Gasteiger partial charge in [-0.3, -0.25) is 10.2 Å². The van der Waals surface area contributed by atoms with Gasteiger partial charge in [0.25, 0.3) is 0 Å². The first kappa shape index (κ1) is 12.8. The van der Waals surface area contributed by atoms with Crippen molar-refractivity contribution in [2.45, 2.75) is 27.1 Å². The van der Waals surface area contributed by atoms with E-state index in [1.807, 2.05) is 32.7 Å². The Morgan fingerprint density at radius 2 is 2.21 bits per heavy atom. The highest BCUT2D eigenvalue weighted by atomic mass is 15.4. The van der Waals surface area contributed by atoms with Crippen LogP contribution in [-0.4, -0.2) is 30.7 Å². The summed E-state index contributed by atoms with van der Waals surface area (Å²) in [6.07, 6.45) is -0.153. The number of aliphatic imine (C=N–C) groups is 1. The van der Waals surface area contributed by atoms with Crippen molar-refractivity contribution in [1.82, 2.24) is 15.5 Å². The molecule has 0 saturated carbocycles. The summed E-state index contributed by atoms with van der Waals surface area (Å²) in [4.78, 5) is 5.95. The van der Waals surface area contributed by atoms with E-state index < -0.39 is 0 Å². The van der Waals surface area contributed by atoms with Crippen molar-refractivity contribution in [3.8, 4) is 0 Å². The van der Waals surface area contributed by atoms with Gasteiger partial charge in [-0.15, -0.1) is 0 Å². The molecular formula is C9H21N5. The van der Waals surface area contributed by atoms with E-state index in [0.717, 1.165) is 12.4 Å². The minimum Gasteiger partial charge on any atom is -0.369 e. The molecule has 5 heteroatoms. The maximum atomic E-state index is 5.68. The zero-order valence-corrected chi connectivity index (χ0v) is 9.46. The van der Waals surface area contributed by atoms with Gasteiger partial charge in [0.2, 0.25) is 0 Å². The molecule has 0 fully saturated rings. The van der Waals surface area contributed by atoms with E-state index in [1.165, 1.54) is 0 Å². The van der Waals surface area contributed by atoms with Crippen LogP contribution in [0.3, 0.4) is 0 Å². The van der Waals surface area contributed by atoms with Crippen LogP contribution >= 0.6 is 0 Å². The molecule has 1 unspecified atom stereocenters. The van der Waals surface area contributed by atoms with Gasteiger partial charge in [0.1, 0.15) is 5.82 Å². The van der Waals surface area contributed by atoms with Crippen molar-refractivity contribution in [2.75, 3.05) is 13.6 Å². The highest BCUT2D eigenvalue weighted by Crippen LogP contribution is 2.04. The van der Waals surface area contributed by atoms with E-state index in [2.05, 4.69) is 22.2 Å². The molecule has 0 aromatic rings. The molecule has 5 nitrogen and oxygen atoms in total. The first-order chi connectivity index (χ1) is 6.69. The normalized spacial score (nSPS) is 20.6. The SMILES string of the molecule is C=C1NC(NC)N=C(N)N1CC.CC. The van der Waals surface area contributed by atoms with Crippen LogP contribution in [0.1, 0.15) is 20.8 Å². The number of nitrogens with zero attached hydrogens (tertiary/aromatic N) is 2. The van der Waals surface area contributed by atoms with Gasteiger partial charge in [0, 0.05) is 6.54 Å². The molecule has 0 radical (unpaired) electrons. The van der Waals surface area contributed by atoms with Crippen molar-refractivity contribution >= 4 is 5.96 Å². The van der Waals surface area contributed by atoms with E-state index in [0.29, 0.717) is 5.96 Å². The number of nitrogens with two attached hydrogens (primary N) is 1. The summed E-state index contributed by atoms with van der Waals surface area (Å²) in [6, 6.07) is 0. The average Bonchev–Trinajstić information content (AvgIpc) is 2.20. The molecule has 1 aliphatic heterocycles. The second-order valence-corrected chi connectivity index (χ2v) is 2.51. The molecule has 1 aliphatic rings. The van der Waals surface area contributed by atoms with Crippen LogP contribution in [0.2, 0.25) is 0 Å². The van der Waals surface area contributed by atoms with Crippen molar-refractivity contribution in [1.29, 1.82) is 0 Å². The molecule has 82 valence electrons. The third-order valence-corrected chi connectivity index (χ3v) is 1.76. The molecule has 4 N–H and O–H groups in total. The summed E-state index contributed by atoms with van der Waals surface area (Å²) in [7, 11) is 1.81. The van der Waals surface area contributed by atoms with Crippen LogP contribution in [0.4, 0.5) is 0 Å². The highest BCUT2D eigenvalue weighted by Gasteiger charge is 2.18. The van der Waals surface area contributed by atoms with Crippen LogP contribution in [0.25, 0.3) is 0 Å². The van der Waals surface area contributed by atoms with Crippen LogP contribution in [-0.2, 0) is 0 Å². The first-order valence-corrected chi connectivity index (χ1v) is 4.92. The second kappa shape index (κ2) is 6.26. The molecule has 0 spiro atoms. The van der Waals surface area contributed by atoms with E-state index in [1.54, 1.807) is 0 Å². The average molecular weight is 199 g/mol. The van der Waals surface area contributed by atoms with Gasteiger partial charge >= 0.3 is 0 Å². The van der Waals surface area contributed by atoms with Crippen LogP contribution in [0, 0.1) is 0 Å². The minimum atomic E-state index is -0.153. The fourth-order valence-corrected chi connectivity index (χ4v) is 1.10. The molecule has 1 atom stereocenters. The van der Waals surface area contributed by atoms with Crippen molar-refractivity contribution in [3.05, 3.63) is 12.4 Å². The summed E-state index contributed by atoms with van der Waals surface area (Å²) < 4.78 is 0. The van der Waals surface area contributed by atoms with E-state index in [-0.39, 0.29) is 6.29 Å². The summed E-state index contributed by atoms with van der Waals surface area (Å²) in [5.41, 5.74) is 5.68. The monoisotopic (exact) mass is 199 g/mol. The highest BCUT2D eigenvalue weighted by molar-refractivity contribution is 5.80. The van der Waals surface area contributed by atoms with Gasteiger partial charge in [-0.25, -0.2) is 4.99 Å². The molecule has 1 heterocycles.